The molecule has 4 aromatic rings. The number of rotatable bonds is 6. The Bertz CT molecular complexity index is 1070. The van der Waals surface area contributed by atoms with Gasteiger partial charge in [-0.1, -0.05) is 0 Å². The van der Waals surface area contributed by atoms with Crippen LogP contribution in [-0.4, -0.2) is 32.4 Å². The number of anilines is 1. The van der Waals surface area contributed by atoms with Crippen LogP contribution in [0.4, 0.5) is 5.13 Å². The summed E-state index contributed by atoms with van der Waals surface area (Å²) < 4.78 is 0. The molecule has 0 radical (unpaired) electrons. The Kier molecular flexibility index (Phi) is 4.91. The second-order valence-electron chi connectivity index (χ2n) is 6.04. The van der Waals surface area contributed by atoms with Crippen LogP contribution in [-0.2, 0) is 6.42 Å². The first-order chi connectivity index (χ1) is 13.2. The molecule has 0 unspecified atom stereocenters. The molecule has 0 spiro atoms. The van der Waals surface area contributed by atoms with Gasteiger partial charge in [-0.05, 0) is 43.3 Å². The number of aryl methyl sites for hydroxylation is 1. The zero-order valence-corrected chi connectivity index (χ0v) is 15.3. The van der Waals surface area contributed by atoms with Crippen LogP contribution < -0.4 is 11.1 Å². The van der Waals surface area contributed by atoms with E-state index < -0.39 is 0 Å². The van der Waals surface area contributed by atoms with Crippen molar-refractivity contribution in [3.05, 3.63) is 59.5 Å². The minimum Gasteiger partial charge on any atom is -0.342 e. The molecule has 4 N–H and O–H groups in total. The SMILES string of the molecule is NCCCc1nc2cc(C(=O)Nc3nc(-c4cccnc4)cs3)ccc2[nH]1. The minimum absolute atomic E-state index is 0.213. The lowest BCUT2D eigenvalue weighted by molar-refractivity contribution is 0.102. The van der Waals surface area contributed by atoms with Gasteiger partial charge in [-0.3, -0.25) is 15.1 Å². The molecule has 0 aliphatic rings. The summed E-state index contributed by atoms with van der Waals surface area (Å²) in [6.07, 6.45) is 5.12. The zero-order chi connectivity index (χ0) is 18.6. The molecule has 4 rings (SSSR count). The van der Waals surface area contributed by atoms with Crippen molar-refractivity contribution in [2.24, 2.45) is 5.73 Å². The summed E-state index contributed by atoms with van der Waals surface area (Å²) in [5.74, 6) is 0.671. The summed E-state index contributed by atoms with van der Waals surface area (Å²) in [5, 5.41) is 5.29. The van der Waals surface area contributed by atoms with Crippen molar-refractivity contribution in [1.82, 2.24) is 19.9 Å². The fourth-order valence-electron chi connectivity index (χ4n) is 2.74. The maximum Gasteiger partial charge on any atom is 0.257 e. The number of benzene rings is 1. The summed E-state index contributed by atoms with van der Waals surface area (Å²) in [6.45, 7) is 0.625. The molecule has 3 aromatic heterocycles. The number of nitrogens with two attached hydrogens (primary N) is 1. The fraction of sp³-hybridized carbons (Fsp3) is 0.158. The maximum absolute atomic E-state index is 12.6. The lowest BCUT2D eigenvalue weighted by Gasteiger charge is -2.01. The second-order valence-corrected chi connectivity index (χ2v) is 6.90. The Morgan fingerprint density at radius 2 is 2.19 bits per heavy atom. The van der Waals surface area contributed by atoms with Gasteiger partial charge < -0.3 is 10.7 Å². The molecular weight excluding hydrogens is 360 g/mol. The molecule has 8 heteroatoms. The number of amides is 1. The monoisotopic (exact) mass is 378 g/mol. The third kappa shape index (κ3) is 3.86. The highest BCUT2D eigenvalue weighted by molar-refractivity contribution is 7.14. The van der Waals surface area contributed by atoms with Crippen molar-refractivity contribution in [3.63, 3.8) is 0 Å². The molecule has 0 aliphatic heterocycles. The molecule has 0 bridgehead atoms. The van der Waals surface area contributed by atoms with Crippen molar-refractivity contribution in [2.45, 2.75) is 12.8 Å². The van der Waals surface area contributed by atoms with Gasteiger partial charge in [-0.2, -0.15) is 0 Å². The van der Waals surface area contributed by atoms with Gasteiger partial charge in [-0.25, -0.2) is 9.97 Å². The number of H-pyrrole nitrogens is 1. The highest BCUT2D eigenvalue weighted by atomic mass is 32.1. The third-order valence-corrected chi connectivity index (χ3v) is 4.85. The van der Waals surface area contributed by atoms with Gasteiger partial charge >= 0.3 is 0 Å². The van der Waals surface area contributed by atoms with E-state index in [1.807, 2.05) is 23.6 Å². The van der Waals surface area contributed by atoms with E-state index in [0.29, 0.717) is 17.2 Å². The molecule has 0 aliphatic carbocycles. The fourth-order valence-corrected chi connectivity index (χ4v) is 3.45. The lowest BCUT2D eigenvalue weighted by Crippen LogP contribution is -2.11. The predicted molar refractivity (Wildman–Crippen MR) is 107 cm³/mol. The summed E-state index contributed by atoms with van der Waals surface area (Å²) in [5.41, 5.74) is 9.46. The third-order valence-electron chi connectivity index (χ3n) is 4.09. The Labute approximate surface area is 159 Å². The van der Waals surface area contributed by atoms with Gasteiger partial charge in [0.15, 0.2) is 5.13 Å². The Balaban J connectivity index is 1.50. The number of hydrogen-bond donors (Lipinski definition) is 3. The molecule has 1 amide bonds. The zero-order valence-electron chi connectivity index (χ0n) is 14.5. The van der Waals surface area contributed by atoms with Gasteiger partial charge in [0.2, 0.25) is 0 Å². The van der Waals surface area contributed by atoms with E-state index in [-0.39, 0.29) is 5.91 Å². The molecule has 1 aromatic carbocycles. The average molecular weight is 378 g/mol. The quantitative estimate of drug-likeness (QED) is 0.477. The van der Waals surface area contributed by atoms with Crippen LogP contribution in [0.1, 0.15) is 22.6 Å². The maximum atomic E-state index is 12.6. The number of carbonyl (C=O) groups excluding carboxylic acids is 1. The first-order valence-corrected chi connectivity index (χ1v) is 9.47. The van der Waals surface area contributed by atoms with E-state index in [4.69, 9.17) is 5.73 Å². The molecule has 27 heavy (non-hydrogen) atoms. The average Bonchev–Trinajstić information content (AvgIpc) is 3.33. The number of nitrogens with one attached hydrogen (secondary N) is 2. The molecule has 136 valence electrons. The number of carbonyl (C=O) groups is 1. The van der Waals surface area contributed by atoms with E-state index in [1.165, 1.54) is 11.3 Å². The number of aromatic amines is 1. The van der Waals surface area contributed by atoms with Gasteiger partial charge in [0.1, 0.15) is 5.82 Å². The van der Waals surface area contributed by atoms with Gasteiger partial charge in [0.05, 0.1) is 16.7 Å². The summed E-state index contributed by atoms with van der Waals surface area (Å²) in [6, 6.07) is 9.21. The van der Waals surface area contributed by atoms with E-state index in [0.717, 1.165) is 41.0 Å². The van der Waals surface area contributed by atoms with E-state index in [9.17, 15) is 4.79 Å². The number of nitrogens with zero attached hydrogens (tertiary/aromatic N) is 3. The van der Waals surface area contributed by atoms with Gasteiger partial charge in [-0.15, -0.1) is 11.3 Å². The molecule has 0 saturated heterocycles. The standard InChI is InChI=1S/C19H18N6OS/c20-7-1-4-17-22-14-6-5-12(9-15(14)23-17)18(26)25-19-24-16(11-27-19)13-3-2-8-21-10-13/h2-3,5-6,8-11H,1,4,7,20H2,(H,22,23)(H,24,25,26). The van der Waals surface area contributed by atoms with Crippen LogP contribution in [0.2, 0.25) is 0 Å². The van der Waals surface area contributed by atoms with Crippen LogP contribution in [0.3, 0.4) is 0 Å². The van der Waals surface area contributed by atoms with Crippen molar-refractivity contribution >= 4 is 33.4 Å². The van der Waals surface area contributed by atoms with Crippen molar-refractivity contribution in [2.75, 3.05) is 11.9 Å². The second kappa shape index (κ2) is 7.65. The number of aromatic nitrogens is 4. The van der Waals surface area contributed by atoms with Gasteiger partial charge in [0.25, 0.3) is 5.91 Å². The first-order valence-electron chi connectivity index (χ1n) is 8.59. The Hall–Kier alpha value is -3.10. The largest absolute Gasteiger partial charge is 0.342 e. The highest BCUT2D eigenvalue weighted by Gasteiger charge is 2.12. The molecule has 0 saturated carbocycles. The van der Waals surface area contributed by atoms with Crippen LogP contribution >= 0.6 is 11.3 Å². The van der Waals surface area contributed by atoms with Crippen LogP contribution in [0.5, 0.6) is 0 Å². The van der Waals surface area contributed by atoms with E-state index in [1.54, 1.807) is 24.5 Å². The van der Waals surface area contributed by atoms with Crippen LogP contribution in [0, 0.1) is 0 Å². The van der Waals surface area contributed by atoms with Crippen molar-refractivity contribution in [1.29, 1.82) is 0 Å². The predicted octanol–water partition coefficient (Wildman–Crippen LogP) is 3.23. The number of imidazole rings is 1. The lowest BCUT2D eigenvalue weighted by atomic mass is 10.2. The van der Waals surface area contributed by atoms with E-state index in [2.05, 4.69) is 25.3 Å². The summed E-state index contributed by atoms with van der Waals surface area (Å²) in [7, 11) is 0. The number of fused-ring (bicyclic) bond motifs is 1. The molecule has 7 nitrogen and oxygen atoms in total. The molecular formula is C19H18N6OS. The van der Waals surface area contributed by atoms with Crippen molar-refractivity contribution in [3.8, 4) is 11.3 Å². The molecule has 3 heterocycles. The topological polar surface area (TPSA) is 110 Å². The normalized spacial score (nSPS) is 11.0. The van der Waals surface area contributed by atoms with Gasteiger partial charge in [0, 0.05) is 35.3 Å². The number of thiazole rings is 1. The first kappa shape index (κ1) is 17.3. The minimum atomic E-state index is -0.213. The van der Waals surface area contributed by atoms with Crippen LogP contribution in [0.15, 0.2) is 48.1 Å². The number of pyridine rings is 1. The summed E-state index contributed by atoms with van der Waals surface area (Å²) in [4.78, 5) is 28.9. The molecule has 0 atom stereocenters. The smallest absolute Gasteiger partial charge is 0.257 e. The van der Waals surface area contributed by atoms with Crippen molar-refractivity contribution < 1.29 is 4.79 Å². The Morgan fingerprint density at radius 1 is 1.26 bits per heavy atom. The Morgan fingerprint density at radius 3 is 3.00 bits per heavy atom. The van der Waals surface area contributed by atoms with E-state index >= 15 is 0 Å². The highest BCUT2D eigenvalue weighted by Crippen LogP contribution is 2.24. The summed E-state index contributed by atoms with van der Waals surface area (Å²) >= 11 is 1.38. The number of hydrogen-bond acceptors (Lipinski definition) is 6. The van der Waals surface area contributed by atoms with Crippen LogP contribution in [0.25, 0.3) is 22.3 Å². The molecule has 0 fully saturated rings.